The van der Waals surface area contributed by atoms with E-state index in [1.807, 2.05) is 0 Å². The van der Waals surface area contributed by atoms with Crippen molar-refractivity contribution < 1.29 is 0 Å². The van der Waals surface area contributed by atoms with Crippen molar-refractivity contribution in [1.82, 2.24) is 4.90 Å². The lowest BCUT2D eigenvalue weighted by atomic mass is 10.0. The Morgan fingerprint density at radius 2 is 1.47 bits per heavy atom. The predicted molar refractivity (Wildman–Crippen MR) is 80.5 cm³/mol. The van der Waals surface area contributed by atoms with Crippen molar-refractivity contribution in [3.63, 3.8) is 0 Å². The van der Waals surface area contributed by atoms with Gasteiger partial charge in [0.15, 0.2) is 0 Å². The van der Waals surface area contributed by atoms with Crippen molar-refractivity contribution in [1.29, 1.82) is 0 Å². The number of nitrogens with zero attached hydrogens (tertiary/aromatic N) is 2. The van der Waals surface area contributed by atoms with Crippen molar-refractivity contribution in [3.8, 4) is 0 Å². The number of hydrogen-bond acceptors (Lipinski definition) is 2. The van der Waals surface area contributed by atoms with Crippen molar-refractivity contribution in [2.75, 3.05) is 31.6 Å². The highest BCUT2D eigenvalue weighted by Gasteiger charge is 2.26. The lowest BCUT2D eigenvalue weighted by molar-refractivity contribution is 0.269. The van der Waals surface area contributed by atoms with E-state index in [4.69, 9.17) is 0 Å². The highest BCUT2D eigenvalue weighted by molar-refractivity contribution is 5.49. The van der Waals surface area contributed by atoms with Crippen LogP contribution < -0.4 is 4.90 Å². The number of benzene rings is 2. The minimum Gasteiger partial charge on any atom is -0.362 e. The Morgan fingerprint density at radius 3 is 2.16 bits per heavy atom. The van der Waals surface area contributed by atoms with E-state index in [1.54, 1.807) is 0 Å². The summed E-state index contributed by atoms with van der Waals surface area (Å²) in [5, 5.41) is 0. The number of likely N-dealkylation sites (N-methyl/N-ethyl adjacent to an activating group) is 1. The normalized spacial score (nSPS) is 20.5. The standard InChI is InChI=1S/C17H20N2/c1-18-12-13-19(16-10-6-3-7-11-16)17(14-18)15-8-4-2-5-9-15/h2-11,17H,12-14H2,1H3. The van der Waals surface area contributed by atoms with E-state index in [1.165, 1.54) is 11.3 Å². The Hall–Kier alpha value is -1.80. The molecule has 0 amide bonds. The molecule has 0 saturated carbocycles. The summed E-state index contributed by atoms with van der Waals surface area (Å²) in [6.45, 7) is 3.29. The second kappa shape index (κ2) is 5.45. The summed E-state index contributed by atoms with van der Waals surface area (Å²) in [5.41, 5.74) is 2.72. The Kier molecular flexibility index (Phi) is 3.51. The van der Waals surface area contributed by atoms with Crippen LogP contribution in [0, 0.1) is 0 Å². The van der Waals surface area contributed by atoms with E-state index in [-0.39, 0.29) is 0 Å². The van der Waals surface area contributed by atoms with Crippen LogP contribution in [0.5, 0.6) is 0 Å². The third kappa shape index (κ3) is 2.64. The zero-order valence-corrected chi connectivity index (χ0v) is 11.4. The molecule has 1 saturated heterocycles. The fourth-order valence-corrected chi connectivity index (χ4v) is 2.81. The van der Waals surface area contributed by atoms with Crippen molar-refractivity contribution in [3.05, 3.63) is 66.2 Å². The summed E-state index contributed by atoms with van der Waals surface area (Å²) in [7, 11) is 2.21. The van der Waals surface area contributed by atoms with Crippen LogP contribution in [0.4, 0.5) is 5.69 Å². The Morgan fingerprint density at radius 1 is 0.842 bits per heavy atom. The molecule has 1 unspecified atom stereocenters. The van der Waals surface area contributed by atoms with Gasteiger partial charge in [0.1, 0.15) is 0 Å². The van der Waals surface area contributed by atoms with Crippen LogP contribution in [0.2, 0.25) is 0 Å². The molecule has 98 valence electrons. The van der Waals surface area contributed by atoms with Crippen LogP contribution in [0.1, 0.15) is 11.6 Å². The molecule has 0 N–H and O–H groups in total. The molecule has 0 aliphatic carbocycles. The van der Waals surface area contributed by atoms with E-state index in [0.717, 1.165) is 19.6 Å². The molecular weight excluding hydrogens is 232 g/mol. The first kappa shape index (κ1) is 12.2. The maximum Gasteiger partial charge on any atom is 0.0669 e. The zero-order chi connectivity index (χ0) is 13.1. The van der Waals surface area contributed by atoms with Gasteiger partial charge in [0, 0.05) is 25.3 Å². The number of anilines is 1. The molecule has 1 heterocycles. The molecule has 2 heteroatoms. The minimum atomic E-state index is 0.447. The first-order valence-electron chi connectivity index (χ1n) is 6.90. The summed E-state index contributed by atoms with van der Waals surface area (Å²) in [4.78, 5) is 4.94. The van der Waals surface area contributed by atoms with Gasteiger partial charge in [-0.15, -0.1) is 0 Å². The molecule has 3 rings (SSSR count). The average Bonchev–Trinajstić information content (AvgIpc) is 2.49. The maximum absolute atomic E-state index is 2.52. The van der Waals surface area contributed by atoms with Crippen LogP contribution in [-0.4, -0.2) is 31.6 Å². The molecule has 0 radical (unpaired) electrons. The zero-order valence-electron chi connectivity index (χ0n) is 11.4. The van der Waals surface area contributed by atoms with Gasteiger partial charge in [0.25, 0.3) is 0 Å². The number of piperazine rings is 1. The monoisotopic (exact) mass is 252 g/mol. The molecule has 1 aliphatic rings. The fourth-order valence-electron chi connectivity index (χ4n) is 2.81. The Labute approximate surface area is 115 Å². The van der Waals surface area contributed by atoms with Gasteiger partial charge < -0.3 is 9.80 Å². The Balaban J connectivity index is 1.93. The summed E-state index contributed by atoms with van der Waals surface area (Å²) in [5.74, 6) is 0. The fraction of sp³-hybridized carbons (Fsp3) is 0.294. The smallest absolute Gasteiger partial charge is 0.0669 e. The topological polar surface area (TPSA) is 6.48 Å². The lowest BCUT2D eigenvalue weighted by Crippen LogP contribution is -2.46. The van der Waals surface area contributed by atoms with Crippen molar-refractivity contribution in [2.45, 2.75) is 6.04 Å². The van der Waals surface area contributed by atoms with Gasteiger partial charge in [0.05, 0.1) is 6.04 Å². The lowest BCUT2D eigenvalue weighted by Gasteiger charge is -2.41. The maximum atomic E-state index is 2.52. The molecule has 0 spiro atoms. The van der Waals surface area contributed by atoms with Crippen LogP contribution >= 0.6 is 0 Å². The molecule has 0 bridgehead atoms. The summed E-state index contributed by atoms with van der Waals surface area (Å²) in [6, 6.07) is 22.0. The van der Waals surface area contributed by atoms with Gasteiger partial charge >= 0.3 is 0 Å². The molecule has 1 aliphatic heterocycles. The molecule has 2 nitrogen and oxygen atoms in total. The number of hydrogen-bond donors (Lipinski definition) is 0. The summed E-state index contributed by atoms with van der Waals surface area (Å²) in [6.07, 6.45) is 0. The van der Waals surface area contributed by atoms with Crippen LogP contribution in [0.3, 0.4) is 0 Å². The molecule has 1 atom stereocenters. The van der Waals surface area contributed by atoms with Crippen LogP contribution in [-0.2, 0) is 0 Å². The van der Waals surface area contributed by atoms with Gasteiger partial charge in [-0.1, -0.05) is 48.5 Å². The molecular formula is C17H20N2. The molecule has 2 aromatic carbocycles. The second-order valence-electron chi connectivity index (χ2n) is 5.22. The number of para-hydroxylation sites is 1. The van der Waals surface area contributed by atoms with E-state index in [2.05, 4.69) is 77.5 Å². The molecule has 19 heavy (non-hydrogen) atoms. The Bertz CT molecular complexity index is 509. The first-order chi connectivity index (χ1) is 9.34. The molecule has 0 aromatic heterocycles. The minimum absolute atomic E-state index is 0.447. The largest absolute Gasteiger partial charge is 0.362 e. The SMILES string of the molecule is CN1CCN(c2ccccc2)C(c2ccccc2)C1. The third-order valence-electron chi connectivity index (χ3n) is 3.86. The van der Waals surface area contributed by atoms with Gasteiger partial charge in [0.2, 0.25) is 0 Å². The van der Waals surface area contributed by atoms with Crippen molar-refractivity contribution in [2.24, 2.45) is 0 Å². The first-order valence-corrected chi connectivity index (χ1v) is 6.90. The van der Waals surface area contributed by atoms with E-state index in [9.17, 15) is 0 Å². The predicted octanol–water partition coefficient (Wildman–Crippen LogP) is 3.18. The molecule has 2 aromatic rings. The van der Waals surface area contributed by atoms with Crippen LogP contribution in [0.15, 0.2) is 60.7 Å². The van der Waals surface area contributed by atoms with Crippen molar-refractivity contribution >= 4 is 5.69 Å². The highest BCUT2D eigenvalue weighted by Crippen LogP contribution is 2.29. The highest BCUT2D eigenvalue weighted by atomic mass is 15.3. The van der Waals surface area contributed by atoms with Gasteiger partial charge in [-0.2, -0.15) is 0 Å². The summed E-state index contributed by atoms with van der Waals surface area (Å²) < 4.78 is 0. The van der Waals surface area contributed by atoms with Gasteiger partial charge in [-0.3, -0.25) is 0 Å². The summed E-state index contributed by atoms with van der Waals surface area (Å²) >= 11 is 0. The van der Waals surface area contributed by atoms with Gasteiger partial charge in [-0.05, 0) is 24.7 Å². The molecule has 1 fully saturated rings. The van der Waals surface area contributed by atoms with Gasteiger partial charge in [-0.25, -0.2) is 0 Å². The second-order valence-corrected chi connectivity index (χ2v) is 5.22. The number of rotatable bonds is 2. The quantitative estimate of drug-likeness (QED) is 0.810. The average molecular weight is 252 g/mol. The van der Waals surface area contributed by atoms with Crippen LogP contribution in [0.25, 0.3) is 0 Å². The van der Waals surface area contributed by atoms with E-state index >= 15 is 0 Å². The van der Waals surface area contributed by atoms with E-state index in [0.29, 0.717) is 6.04 Å². The third-order valence-corrected chi connectivity index (χ3v) is 3.86. The van der Waals surface area contributed by atoms with E-state index < -0.39 is 0 Å².